The average Bonchev–Trinajstić information content (AvgIpc) is 2.81. The van der Waals surface area contributed by atoms with E-state index in [2.05, 4.69) is 49.7 Å². The fraction of sp³-hybridized carbons (Fsp3) is 0.500. The monoisotopic (exact) mass is 327 g/mol. The maximum atomic E-state index is 11.9. The van der Waals surface area contributed by atoms with Gasteiger partial charge in [0.1, 0.15) is 0 Å². The zero-order valence-electron chi connectivity index (χ0n) is 15.7. The van der Waals surface area contributed by atoms with Gasteiger partial charge in [-0.1, -0.05) is 6.92 Å². The van der Waals surface area contributed by atoms with Crippen LogP contribution < -0.4 is 5.32 Å². The molecule has 4 heteroatoms. The molecule has 0 aliphatic carbocycles. The summed E-state index contributed by atoms with van der Waals surface area (Å²) in [6.07, 6.45) is 1.49. The van der Waals surface area contributed by atoms with Crippen LogP contribution in [0.1, 0.15) is 67.8 Å². The number of rotatable bonds is 6. The lowest BCUT2D eigenvalue weighted by Gasteiger charge is -2.21. The predicted octanol–water partition coefficient (Wildman–Crippen LogP) is 4.85. The summed E-state index contributed by atoms with van der Waals surface area (Å²) < 4.78 is 2.09. The van der Waals surface area contributed by atoms with E-state index in [0.717, 1.165) is 29.9 Å². The first-order valence-electron chi connectivity index (χ1n) is 8.66. The summed E-state index contributed by atoms with van der Waals surface area (Å²) >= 11 is 0. The van der Waals surface area contributed by atoms with Gasteiger partial charge in [-0.25, -0.2) is 0 Å². The van der Waals surface area contributed by atoms with E-state index in [0.29, 0.717) is 6.42 Å². The molecule has 2 aromatic rings. The van der Waals surface area contributed by atoms with Crippen LogP contribution in [-0.4, -0.2) is 15.6 Å². The van der Waals surface area contributed by atoms with Crippen molar-refractivity contribution in [2.24, 2.45) is 0 Å². The topological polar surface area (TPSA) is 46.9 Å². The molecule has 0 bridgehead atoms. The molecule has 24 heavy (non-hydrogen) atoms. The van der Waals surface area contributed by atoms with Crippen molar-refractivity contribution in [1.82, 2.24) is 9.78 Å². The van der Waals surface area contributed by atoms with Crippen LogP contribution in [-0.2, 0) is 12.1 Å². The lowest BCUT2D eigenvalue weighted by Crippen LogP contribution is -2.24. The smallest absolute Gasteiger partial charge is 0.162 e. The van der Waals surface area contributed by atoms with Crippen LogP contribution in [0.3, 0.4) is 0 Å². The van der Waals surface area contributed by atoms with E-state index < -0.39 is 0 Å². The zero-order chi connectivity index (χ0) is 17.9. The zero-order valence-corrected chi connectivity index (χ0v) is 15.7. The van der Waals surface area contributed by atoms with Crippen molar-refractivity contribution in [1.29, 1.82) is 0 Å². The van der Waals surface area contributed by atoms with Crippen LogP contribution in [0.2, 0.25) is 0 Å². The molecule has 1 aromatic carbocycles. The Balaban J connectivity index is 2.09. The van der Waals surface area contributed by atoms with Crippen LogP contribution in [0.5, 0.6) is 0 Å². The van der Waals surface area contributed by atoms with Gasteiger partial charge in [0.2, 0.25) is 0 Å². The number of aryl methyl sites for hydroxylation is 1. The quantitative estimate of drug-likeness (QED) is 0.772. The molecule has 0 saturated carbocycles. The minimum absolute atomic E-state index is 0.0195. The van der Waals surface area contributed by atoms with Gasteiger partial charge in [-0.3, -0.25) is 9.48 Å². The summed E-state index contributed by atoms with van der Waals surface area (Å²) in [5.74, 6) is 0.210. The number of nitrogens with zero attached hydrogens (tertiary/aromatic N) is 2. The minimum Gasteiger partial charge on any atom is -0.381 e. The van der Waals surface area contributed by atoms with Gasteiger partial charge in [0.05, 0.1) is 11.2 Å². The van der Waals surface area contributed by atoms with Crippen LogP contribution >= 0.6 is 0 Å². The number of carbonyl (C=O) groups excluding carboxylic acids is 1. The second-order valence-corrected chi connectivity index (χ2v) is 7.34. The molecular formula is C20H29N3O. The van der Waals surface area contributed by atoms with Gasteiger partial charge in [0.25, 0.3) is 0 Å². The van der Waals surface area contributed by atoms with Crippen molar-refractivity contribution in [3.05, 3.63) is 46.8 Å². The Morgan fingerprint density at radius 3 is 2.29 bits per heavy atom. The molecule has 0 aliphatic heterocycles. The van der Waals surface area contributed by atoms with Crippen molar-refractivity contribution >= 4 is 11.5 Å². The lowest BCUT2D eigenvalue weighted by atomic mass is 10.1. The highest BCUT2D eigenvalue weighted by molar-refractivity contribution is 5.96. The third-order valence-corrected chi connectivity index (χ3v) is 4.23. The van der Waals surface area contributed by atoms with E-state index in [1.54, 1.807) is 0 Å². The largest absolute Gasteiger partial charge is 0.381 e. The average molecular weight is 327 g/mol. The molecular weight excluding hydrogens is 298 g/mol. The molecule has 4 nitrogen and oxygen atoms in total. The lowest BCUT2D eigenvalue weighted by molar-refractivity contribution is 0.0982. The first-order valence-corrected chi connectivity index (χ1v) is 8.66. The summed E-state index contributed by atoms with van der Waals surface area (Å²) in [6.45, 7) is 13.4. The Hall–Kier alpha value is -2.10. The van der Waals surface area contributed by atoms with Crippen LogP contribution in [0.15, 0.2) is 24.3 Å². The molecule has 2 rings (SSSR count). The number of anilines is 1. The summed E-state index contributed by atoms with van der Waals surface area (Å²) in [5, 5.41) is 8.12. The second kappa shape index (κ2) is 7.20. The highest BCUT2D eigenvalue weighted by Crippen LogP contribution is 2.22. The Labute approximate surface area is 145 Å². The Morgan fingerprint density at radius 2 is 1.79 bits per heavy atom. The number of aromatic nitrogens is 2. The molecule has 0 spiro atoms. The van der Waals surface area contributed by atoms with Gasteiger partial charge in [-0.15, -0.1) is 0 Å². The number of hydrogen-bond acceptors (Lipinski definition) is 3. The molecule has 1 N–H and O–H groups in total. The molecule has 130 valence electrons. The molecule has 0 fully saturated rings. The fourth-order valence-corrected chi connectivity index (χ4v) is 2.92. The number of benzene rings is 1. The highest BCUT2D eigenvalue weighted by atomic mass is 16.1. The first-order chi connectivity index (χ1) is 11.2. The number of carbonyl (C=O) groups is 1. The SMILES string of the molecule is CCCC(=O)c1ccc(NCc2c(C)nn(C(C)(C)C)c2C)cc1. The number of ketones is 1. The fourth-order valence-electron chi connectivity index (χ4n) is 2.92. The van der Waals surface area contributed by atoms with Gasteiger partial charge in [-0.05, 0) is 65.3 Å². The Morgan fingerprint density at radius 1 is 1.17 bits per heavy atom. The van der Waals surface area contributed by atoms with Crippen molar-refractivity contribution in [3.8, 4) is 0 Å². The van der Waals surface area contributed by atoms with Gasteiger partial charge < -0.3 is 5.32 Å². The summed E-state index contributed by atoms with van der Waals surface area (Å²) in [6, 6.07) is 7.75. The van der Waals surface area contributed by atoms with E-state index in [1.165, 1.54) is 11.3 Å². The van der Waals surface area contributed by atoms with Crippen LogP contribution in [0.4, 0.5) is 5.69 Å². The van der Waals surface area contributed by atoms with E-state index in [9.17, 15) is 4.79 Å². The highest BCUT2D eigenvalue weighted by Gasteiger charge is 2.20. The van der Waals surface area contributed by atoms with Gasteiger partial charge >= 0.3 is 0 Å². The molecule has 0 atom stereocenters. The van der Waals surface area contributed by atoms with E-state index in [-0.39, 0.29) is 11.3 Å². The molecule has 0 saturated heterocycles. The first kappa shape index (κ1) is 18.2. The molecule has 0 aliphatic rings. The van der Waals surface area contributed by atoms with E-state index in [4.69, 9.17) is 0 Å². The Bertz CT molecular complexity index is 706. The van der Waals surface area contributed by atoms with Gasteiger partial charge in [-0.2, -0.15) is 5.10 Å². The van der Waals surface area contributed by atoms with E-state index >= 15 is 0 Å². The number of Topliss-reactive ketones (excluding diaryl/α,β-unsaturated/α-hetero) is 1. The third kappa shape index (κ3) is 4.05. The normalized spacial score (nSPS) is 11.6. The maximum absolute atomic E-state index is 11.9. The summed E-state index contributed by atoms with van der Waals surface area (Å²) in [7, 11) is 0. The van der Waals surface area contributed by atoms with Crippen molar-refractivity contribution in [2.75, 3.05) is 5.32 Å². The standard InChI is InChI=1S/C20H29N3O/c1-7-8-19(24)16-9-11-17(12-10-16)21-13-18-14(2)22-23(15(18)3)20(4,5)6/h9-12,21H,7-8,13H2,1-6H3. The molecule has 1 heterocycles. The predicted molar refractivity (Wildman–Crippen MR) is 99.7 cm³/mol. The number of nitrogens with one attached hydrogen (secondary N) is 1. The second-order valence-electron chi connectivity index (χ2n) is 7.34. The molecule has 0 radical (unpaired) electrons. The molecule has 0 unspecified atom stereocenters. The third-order valence-electron chi connectivity index (χ3n) is 4.23. The van der Waals surface area contributed by atoms with Crippen molar-refractivity contribution < 1.29 is 4.79 Å². The van der Waals surface area contributed by atoms with Gasteiger partial charge in [0.15, 0.2) is 5.78 Å². The van der Waals surface area contributed by atoms with Gasteiger partial charge in [0, 0.05) is 35.5 Å². The summed E-state index contributed by atoms with van der Waals surface area (Å²) in [4.78, 5) is 11.9. The minimum atomic E-state index is -0.0195. The number of hydrogen-bond donors (Lipinski definition) is 1. The van der Waals surface area contributed by atoms with E-state index in [1.807, 2.05) is 31.2 Å². The van der Waals surface area contributed by atoms with Crippen LogP contribution in [0, 0.1) is 13.8 Å². The summed E-state index contributed by atoms with van der Waals surface area (Å²) in [5.41, 5.74) is 5.28. The Kier molecular flexibility index (Phi) is 5.47. The van der Waals surface area contributed by atoms with Crippen LogP contribution in [0.25, 0.3) is 0 Å². The molecule has 0 amide bonds. The van der Waals surface area contributed by atoms with Crippen molar-refractivity contribution in [2.45, 2.75) is 66.5 Å². The van der Waals surface area contributed by atoms with Crippen molar-refractivity contribution in [3.63, 3.8) is 0 Å². The molecule has 1 aromatic heterocycles. The maximum Gasteiger partial charge on any atom is 0.162 e.